The van der Waals surface area contributed by atoms with E-state index in [-0.39, 0.29) is 6.54 Å². The van der Waals surface area contributed by atoms with Gasteiger partial charge in [0.2, 0.25) is 0 Å². The number of rotatable bonds is 1. The first kappa shape index (κ1) is 10.1. The monoisotopic (exact) mass is 196 g/mol. The van der Waals surface area contributed by atoms with Gasteiger partial charge >= 0.3 is 12.2 Å². The highest BCUT2D eigenvalue weighted by atomic mass is 19.4. The van der Waals surface area contributed by atoms with E-state index in [1.165, 1.54) is 4.90 Å². The normalized spacial score (nSPS) is 23.6. The third kappa shape index (κ3) is 3.12. The van der Waals surface area contributed by atoms with Gasteiger partial charge in [0, 0.05) is 19.5 Å². The fourth-order valence-electron chi connectivity index (χ4n) is 1.53. The van der Waals surface area contributed by atoms with Gasteiger partial charge in [-0.2, -0.15) is 13.2 Å². The highest BCUT2D eigenvalue weighted by Crippen LogP contribution is 2.30. The van der Waals surface area contributed by atoms with Crippen molar-refractivity contribution in [3.63, 3.8) is 0 Å². The Morgan fingerprint density at radius 1 is 1.54 bits per heavy atom. The summed E-state index contributed by atoms with van der Waals surface area (Å²) >= 11 is 0. The maximum Gasteiger partial charge on any atom is 0.389 e. The summed E-state index contributed by atoms with van der Waals surface area (Å²) in [5.74, 6) is -0.479. The summed E-state index contributed by atoms with van der Waals surface area (Å²) in [5, 5.41) is 0. The molecule has 0 spiro atoms. The number of hydrogen-bond acceptors (Lipinski definition) is 1. The molecule has 3 nitrogen and oxygen atoms in total. The fourth-order valence-corrected chi connectivity index (χ4v) is 1.53. The molecule has 1 rings (SSSR count). The van der Waals surface area contributed by atoms with Crippen LogP contribution in [0, 0.1) is 5.92 Å². The second-order valence-electron chi connectivity index (χ2n) is 3.26. The third-order valence-corrected chi connectivity index (χ3v) is 2.12. The molecular formula is C7H11F3N2O. The molecule has 13 heavy (non-hydrogen) atoms. The van der Waals surface area contributed by atoms with E-state index >= 15 is 0 Å². The summed E-state index contributed by atoms with van der Waals surface area (Å²) in [6, 6.07) is -0.635. The average molecular weight is 196 g/mol. The van der Waals surface area contributed by atoms with Crippen LogP contribution in [0.3, 0.4) is 0 Å². The molecule has 0 saturated carbocycles. The Morgan fingerprint density at radius 3 is 2.54 bits per heavy atom. The van der Waals surface area contributed by atoms with Crippen LogP contribution in [0.15, 0.2) is 0 Å². The van der Waals surface area contributed by atoms with Gasteiger partial charge in [0.05, 0.1) is 0 Å². The highest BCUT2D eigenvalue weighted by molar-refractivity contribution is 5.72. The van der Waals surface area contributed by atoms with Gasteiger partial charge in [-0.05, 0) is 12.3 Å². The number of halogens is 3. The maximum atomic E-state index is 11.9. The first-order valence-electron chi connectivity index (χ1n) is 3.99. The molecule has 0 aromatic rings. The van der Waals surface area contributed by atoms with Crippen molar-refractivity contribution in [1.82, 2.24) is 4.90 Å². The van der Waals surface area contributed by atoms with E-state index in [0.29, 0.717) is 13.0 Å². The predicted molar refractivity (Wildman–Crippen MR) is 39.9 cm³/mol. The molecule has 0 aromatic heterocycles. The highest BCUT2D eigenvalue weighted by Gasteiger charge is 2.35. The zero-order valence-electron chi connectivity index (χ0n) is 6.97. The molecular weight excluding hydrogens is 185 g/mol. The molecule has 1 atom stereocenters. The van der Waals surface area contributed by atoms with Crippen molar-refractivity contribution in [3.05, 3.63) is 0 Å². The van der Waals surface area contributed by atoms with Crippen LogP contribution in [0.5, 0.6) is 0 Å². The molecule has 2 N–H and O–H groups in total. The van der Waals surface area contributed by atoms with Crippen molar-refractivity contribution in [3.8, 4) is 0 Å². The Hall–Kier alpha value is -0.940. The van der Waals surface area contributed by atoms with Gasteiger partial charge in [-0.1, -0.05) is 0 Å². The Morgan fingerprint density at radius 2 is 2.15 bits per heavy atom. The Labute approximate surface area is 73.7 Å². The van der Waals surface area contributed by atoms with Crippen molar-refractivity contribution < 1.29 is 18.0 Å². The largest absolute Gasteiger partial charge is 0.389 e. The lowest BCUT2D eigenvalue weighted by molar-refractivity contribution is -0.143. The molecule has 0 bridgehead atoms. The summed E-state index contributed by atoms with van der Waals surface area (Å²) in [6.45, 7) is 0.477. The minimum atomic E-state index is -4.14. The van der Waals surface area contributed by atoms with Gasteiger partial charge in [0.15, 0.2) is 0 Å². The smallest absolute Gasteiger partial charge is 0.351 e. The molecule has 1 aliphatic heterocycles. The lowest BCUT2D eigenvalue weighted by Crippen LogP contribution is -2.33. The molecule has 1 saturated heterocycles. The second-order valence-corrected chi connectivity index (χ2v) is 3.26. The van der Waals surface area contributed by atoms with Crippen molar-refractivity contribution in [1.29, 1.82) is 0 Å². The van der Waals surface area contributed by atoms with Crippen LogP contribution in [0.25, 0.3) is 0 Å². The Bertz CT molecular complexity index is 204. The van der Waals surface area contributed by atoms with Gasteiger partial charge in [0.1, 0.15) is 0 Å². The molecule has 1 fully saturated rings. The zero-order valence-corrected chi connectivity index (χ0v) is 6.97. The number of alkyl halides is 3. The predicted octanol–water partition coefficient (Wildman–Crippen LogP) is 1.34. The fraction of sp³-hybridized carbons (Fsp3) is 0.857. The van der Waals surface area contributed by atoms with Gasteiger partial charge in [-0.3, -0.25) is 0 Å². The molecule has 0 radical (unpaired) electrons. The molecule has 2 amide bonds. The van der Waals surface area contributed by atoms with Crippen LogP contribution >= 0.6 is 0 Å². The number of primary amides is 1. The van der Waals surface area contributed by atoms with E-state index in [2.05, 4.69) is 0 Å². The minimum absolute atomic E-state index is 0.134. The molecule has 0 aliphatic carbocycles. The van der Waals surface area contributed by atoms with Crippen molar-refractivity contribution in [2.45, 2.75) is 19.0 Å². The first-order valence-corrected chi connectivity index (χ1v) is 3.99. The van der Waals surface area contributed by atoms with Crippen LogP contribution in [-0.2, 0) is 0 Å². The number of amides is 2. The number of nitrogens with zero attached hydrogens (tertiary/aromatic N) is 1. The SMILES string of the molecule is NC(=O)N1CC[C@@H](CC(F)(F)F)C1. The van der Waals surface area contributed by atoms with Crippen LogP contribution < -0.4 is 5.73 Å². The Balaban J connectivity index is 2.38. The van der Waals surface area contributed by atoms with E-state index in [1.54, 1.807) is 0 Å². The molecule has 0 aromatic carbocycles. The lowest BCUT2D eigenvalue weighted by Gasteiger charge is -2.14. The lowest BCUT2D eigenvalue weighted by atomic mass is 10.1. The summed E-state index contributed by atoms with van der Waals surface area (Å²) in [6.07, 6.45) is -4.57. The number of likely N-dealkylation sites (tertiary alicyclic amines) is 1. The van der Waals surface area contributed by atoms with Crippen LogP contribution in [0.4, 0.5) is 18.0 Å². The van der Waals surface area contributed by atoms with Crippen LogP contribution in [-0.4, -0.2) is 30.2 Å². The second kappa shape index (κ2) is 3.43. The van der Waals surface area contributed by atoms with Gasteiger partial charge in [-0.15, -0.1) is 0 Å². The summed E-state index contributed by atoms with van der Waals surface area (Å²) in [4.78, 5) is 11.8. The van der Waals surface area contributed by atoms with E-state index in [4.69, 9.17) is 5.73 Å². The zero-order chi connectivity index (χ0) is 10.1. The van der Waals surface area contributed by atoms with Crippen LogP contribution in [0.2, 0.25) is 0 Å². The molecule has 0 unspecified atom stereocenters. The number of nitrogens with two attached hydrogens (primary N) is 1. The van der Waals surface area contributed by atoms with E-state index < -0.39 is 24.5 Å². The topological polar surface area (TPSA) is 46.3 Å². The maximum absolute atomic E-state index is 11.9. The Kier molecular flexibility index (Phi) is 2.68. The molecule has 1 heterocycles. The minimum Gasteiger partial charge on any atom is -0.351 e. The third-order valence-electron chi connectivity index (χ3n) is 2.12. The first-order chi connectivity index (χ1) is 5.88. The van der Waals surface area contributed by atoms with Crippen molar-refractivity contribution in [2.75, 3.05) is 13.1 Å². The molecule has 1 aliphatic rings. The number of carbonyl (C=O) groups is 1. The summed E-state index contributed by atoms with van der Waals surface area (Å²) in [5.41, 5.74) is 4.93. The van der Waals surface area contributed by atoms with Crippen molar-refractivity contribution in [2.24, 2.45) is 11.7 Å². The molecule has 6 heteroatoms. The quantitative estimate of drug-likeness (QED) is 0.675. The number of urea groups is 1. The van der Waals surface area contributed by atoms with Gasteiger partial charge in [0.25, 0.3) is 0 Å². The number of hydrogen-bond donors (Lipinski definition) is 1. The van der Waals surface area contributed by atoms with E-state index in [9.17, 15) is 18.0 Å². The van der Waals surface area contributed by atoms with E-state index in [1.807, 2.05) is 0 Å². The molecule has 76 valence electrons. The average Bonchev–Trinajstić information content (AvgIpc) is 2.31. The van der Waals surface area contributed by atoms with Crippen molar-refractivity contribution >= 4 is 6.03 Å². The summed E-state index contributed by atoms with van der Waals surface area (Å²) < 4.78 is 35.7. The standard InChI is InChI=1S/C7H11F3N2O/c8-7(9,10)3-5-1-2-12(4-5)6(11)13/h5H,1-4H2,(H2,11,13)/t5-/m0/s1. The number of carbonyl (C=O) groups excluding carboxylic acids is 1. The van der Waals surface area contributed by atoms with Gasteiger partial charge < -0.3 is 10.6 Å². The van der Waals surface area contributed by atoms with Gasteiger partial charge in [-0.25, -0.2) is 4.79 Å². The summed E-state index contributed by atoms with van der Waals surface area (Å²) in [7, 11) is 0. The van der Waals surface area contributed by atoms with E-state index in [0.717, 1.165) is 0 Å². The van der Waals surface area contributed by atoms with Crippen LogP contribution in [0.1, 0.15) is 12.8 Å².